The van der Waals surface area contributed by atoms with Crippen molar-refractivity contribution >= 4 is 41.0 Å². The Balaban J connectivity index is 1.59. The third-order valence-electron chi connectivity index (χ3n) is 6.07. The number of amides is 2. The van der Waals surface area contributed by atoms with Gasteiger partial charge in [-0.1, -0.05) is 79.5 Å². The van der Waals surface area contributed by atoms with Crippen molar-refractivity contribution in [3.8, 4) is 0 Å². The summed E-state index contributed by atoms with van der Waals surface area (Å²) in [5, 5.41) is 3.16. The van der Waals surface area contributed by atoms with Crippen molar-refractivity contribution in [3.63, 3.8) is 0 Å². The smallest absolute Gasteiger partial charge is 0.376 e. The van der Waals surface area contributed by atoms with E-state index >= 15 is 0 Å². The molecular formula is C26H24FN3O7S. The highest BCUT2D eigenvalue weighted by atomic mass is 32.1. The number of carbonyl (C=O) groups is 4. The summed E-state index contributed by atoms with van der Waals surface area (Å²) in [7, 11) is 0. The maximum Gasteiger partial charge on any atom is 0.376 e. The first-order valence-corrected chi connectivity index (χ1v) is 12.0. The Labute approximate surface area is 222 Å². The van der Waals surface area contributed by atoms with Crippen LogP contribution in [0.25, 0.3) is 0 Å². The molecule has 0 radical (unpaired) electrons. The van der Waals surface area contributed by atoms with Gasteiger partial charge >= 0.3 is 17.7 Å². The summed E-state index contributed by atoms with van der Waals surface area (Å²) >= 11 is 5.04. The SMILES string of the molecule is C=C(F)C(C(N)=O)C(=S)N[C@H]1CON(C2(C(=O)OC(c3ccccc3)c3ccccc3)CCC(=O)O2)C1=O. The van der Waals surface area contributed by atoms with E-state index in [9.17, 15) is 23.6 Å². The van der Waals surface area contributed by atoms with Crippen LogP contribution < -0.4 is 11.1 Å². The van der Waals surface area contributed by atoms with Crippen LogP contribution in [0.1, 0.15) is 30.1 Å². The molecule has 3 N–H and O–H groups in total. The van der Waals surface area contributed by atoms with Crippen LogP contribution in [-0.2, 0) is 33.5 Å². The van der Waals surface area contributed by atoms with E-state index in [0.29, 0.717) is 16.2 Å². The number of hydrogen-bond acceptors (Lipinski definition) is 8. The normalized spacial score (nSPS) is 21.6. The third kappa shape index (κ3) is 5.27. The molecule has 2 aliphatic heterocycles. The van der Waals surface area contributed by atoms with Gasteiger partial charge in [0.25, 0.3) is 5.91 Å². The van der Waals surface area contributed by atoms with Crippen molar-refractivity contribution in [2.24, 2.45) is 11.7 Å². The lowest BCUT2D eigenvalue weighted by Gasteiger charge is -2.34. The second kappa shape index (κ2) is 11.1. The zero-order valence-corrected chi connectivity index (χ0v) is 20.8. The molecule has 2 fully saturated rings. The van der Waals surface area contributed by atoms with Crippen molar-refractivity contribution in [1.82, 2.24) is 10.4 Å². The minimum atomic E-state index is -2.21. The third-order valence-corrected chi connectivity index (χ3v) is 6.43. The van der Waals surface area contributed by atoms with E-state index in [4.69, 9.17) is 32.3 Å². The molecule has 0 saturated carbocycles. The maximum absolute atomic E-state index is 13.7. The Hall–Kier alpha value is -4.16. The van der Waals surface area contributed by atoms with Gasteiger partial charge in [0.2, 0.25) is 5.91 Å². The van der Waals surface area contributed by atoms with Crippen molar-refractivity contribution in [2.45, 2.75) is 30.7 Å². The van der Waals surface area contributed by atoms with E-state index < -0.39 is 53.4 Å². The summed E-state index contributed by atoms with van der Waals surface area (Å²) in [6.07, 6.45) is -1.28. The molecule has 2 aliphatic rings. The first-order valence-electron chi connectivity index (χ1n) is 11.6. The number of nitrogens with two attached hydrogens (primary N) is 1. The van der Waals surface area contributed by atoms with E-state index in [0.717, 1.165) is 0 Å². The van der Waals surface area contributed by atoms with Gasteiger partial charge in [0.05, 0.1) is 11.4 Å². The number of carbonyl (C=O) groups excluding carboxylic acids is 4. The van der Waals surface area contributed by atoms with Crippen LogP contribution in [0.15, 0.2) is 73.1 Å². The summed E-state index contributed by atoms with van der Waals surface area (Å²) in [6, 6.07) is 16.6. The minimum absolute atomic E-state index is 0.175. The molecule has 2 heterocycles. The van der Waals surface area contributed by atoms with Gasteiger partial charge in [-0.15, -0.1) is 0 Å². The topological polar surface area (TPSA) is 137 Å². The molecular weight excluding hydrogens is 517 g/mol. The lowest BCUT2D eigenvalue weighted by molar-refractivity contribution is -0.260. The molecule has 2 unspecified atom stereocenters. The molecule has 4 rings (SSSR count). The minimum Gasteiger partial charge on any atom is -0.448 e. The lowest BCUT2D eigenvalue weighted by Crippen LogP contribution is -2.57. The van der Waals surface area contributed by atoms with Gasteiger partial charge in [-0.2, -0.15) is 5.06 Å². The van der Waals surface area contributed by atoms with Gasteiger partial charge in [-0.3, -0.25) is 19.2 Å². The zero-order valence-electron chi connectivity index (χ0n) is 20.0. The monoisotopic (exact) mass is 541 g/mol. The van der Waals surface area contributed by atoms with E-state index in [1.54, 1.807) is 48.5 Å². The lowest BCUT2D eigenvalue weighted by atomic mass is 10.0. The average molecular weight is 542 g/mol. The van der Waals surface area contributed by atoms with Crippen molar-refractivity contribution in [3.05, 3.63) is 84.2 Å². The van der Waals surface area contributed by atoms with E-state index in [1.165, 1.54) is 0 Å². The van der Waals surface area contributed by atoms with Crippen molar-refractivity contribution in [2.75, 3.05) is 6.61 Å². The van der Waals surface area contributed by atoms with Crippen LogP contribution in [0.5, 0.6) is 0 Å². The van der Waals surface area contributed by atoms with Crippen LogP contribution in [0.4, 0.5) is 4.39 Å². The highest BCUT2D eigenvalue weighted by molar-refractivity contribution is 7.80. The predicted molar refractivity (Wildman–Crippen MR) is 134 cm³/mol. The average Bonchev–Trinajstić information content (AvgIpc) is 3.46. The second-order valence-corrected chi connectivity index (χ2v) is 9.08. The second-order valence-electron chi connectivity index (χ2n) is 8.64. The Kier molecular flexibility index (Phi) is 7.83. The summed E-state index contributed by atoms with van der Waals surface area (Å²) < 4.78 is 25.0. The molecule has 2 saturated heterocycles. The van der Waals surface area contributed by atoms with Crippen molar-refractivity contribution in [1.29, 1.82) is 0 Å². The fourth-order valence-electron chi connectivity index (χ4n) is 4.21. The molecule has 2 aromatic carbocycles. The Morgan fingerprint density at radius 1 is 1.13 bits per heavy atom. The van der Waals surface area contributed by atoms with Crippen LogP contribution in [-0.4, -0.2) is 52.2 Å². The molecule has 10 nitrogen and oxygen atoms in total. The highest BCUT2D eigenvalue weighted by Crippen LogP contribution is 2.37. The van der Waals surface area contributed by atoms with Gasteiger partial charge in [-0.05, 0) is 11.1 Å². The molecule has 0 bridgehead atoms. The Morgan fingerprint density at radius 3 is 2.18 bits per heavy atom. The summed E-state index contributed by atoms with van der Waals surface area (Å²) in [6.45, 7) is 2.68. The number of rotatable bonds is 9. The first-order chi connectivity index (χ1) is 18.1. The zero-order chi connectivity index (χ0) is 27.4. The number of thiocarbonyl (C=S) groups is 1. The molecule has 198 valence electrons. The molecule has 2 amide bonds. The molecule has 38 heavy (non-hydrogen) atoms. The number of halogens is 1. The Bertz CT molecular complexity index is 1220. The number of esters is 2. The fraction of sp³-hybridized carbons (Fsp3) is 0.269. The van der Waals surface area contributed by atoms with Gasteiger partial charge in [0.15, 0.2) is 6.10 Å². The van der Waals surface area contributed by atoms with Crippen LogP contribution in [0.2, 0.25) is 0 Å². The maximum atomic E-state index is 13.7. The molecule has 0 aromatic heterocycles. The number of hydroxylamine groups is 2. The van der Waals surface area contributed by atoms with Crippen molar-refractivity contribution < 1.29 is 37.9 Å². The van der Waals surface area contributed by atoms with E-state index in [1.807, 2.05) is 12.1 Å². The van der Waals surface area contributed by atoms with Crippen LogP contribution in [0, 0.1) is 5.92 Å². The molecule has 0 spiro atoms. The summed E-state index contributed by atoms with van der Waals surface area (Å²) in [4.78, 5) is 55.8. The number of nitrogens with zero attached hydrogens (tertiary/aromatic N) is 1. The van der Waals surface area contributed by atoms with Crippen LogP contribution >= 0.6 is 12.2 Å². The first kappa shape index (κ1) is 26.9. The quantitative estimate of drug-likeness (QED) is 0.361. The number of cyclic esters (lactones) is 1. The van der Waals surface area contributed by atoms with Gasteiger partial charge in [-0.25, -0.2) is 9.18 Å². The number of nitrogens with one attached hydrogen (secondary N) is 1. The molecule has 3 atom stereocenters. The fourth-order valence-corrected chi connectivity index (χ4v) is 4.59. The molecule has 0 aliphatic carbocycles. The van der Waals surface area contributed by atoms with E-state index in [-0.39, 0.29) is 24.4 Å². The van der Waals surface area contributed by atoms with Gasteiger partial charge in [0.1, 0.15) is 24.4 Å². The van der Waals surface area contributed by atoms with Gasteiger partial charge < -0.3 is 20.5 Å². The van der Waals surface area contributed by atoms with Gasteiger partial charge in [0, 0.05) is 6.42 Å². The molecule has 12 heteroatoms. The largest absolute Gasteiger partial charge is 0.448 e. The summed E-state index contributed by atoms with van der Waals surface area (Å²) in [5.74, 6) is -6.46. The number of primary amides is 1. The molecule has 2 aromatic rings. The predicted octanol–water partition coefficient (Wildman–Crippen LogP) is 2.00. The summed E-state index contributed by atoms with van der Waals surface area (Å²) in [5.41, 5.74) is 4.27. The van der Waals surface area contributed by atoms with E-state index in [2.05, 4.69) is 11.9 Å². The number of hydrogen-bond donors (Lipinski definition) is 2. The standard InChI is InChI=1S/C26H24FN3O7S/c1-15(27)20(22(28)32)23(38)29-18-14-35-30(24(18)33)26(13-12-19(31)37-26)25(34)36-21(16-8-4-2-5-9-16)17-10-6-3-7-11-17/h2-11,18,20-21H,1,12-14H2,(H2,28,32)(H,29,38)/t18-,20?,26?/m0/s1. The Morgan fingerprint density at radius 2 is 1.71 bits per heavy atom. The highest BCUT2D eigenvalue weighted by Gasteiger charge is 2.60. The van der Waals surface area contributed by atoms with Crippen LogP contribution in [0.3, 0.4) is 0 Å². The number of ether oxygens (including phenoxy) is 2. The number of benzene rings is 2.